The van der Waals surface area contributed by atoms with E-state index in [1.165, 1.54) is 17.3 Å². The molecule has 0 spiro atoms. The van der Waals surface area contributed by atoms with Crippen molar-refractivity contribution in [1.29, 1.82) is 0 Å². The molecule has 3 aromatic heterocycles. The van der Waals surface area contributed by atoms with E-state index in [9.17, 15) is 0 Å². The smallest absolute Gasteiger partial charge is 0.258 e. The van der Waals surface area contributed by atoms with Gasteiger partial charge < -0.3 is 0 Å². The van der Waals surface area contributed by atoms with E-state index in [1.54, 1.807) is 17.0 Å². The predicted octanol–water partition coefficient (Wildman–Crippen LogP) is 0.600. The molecule has 0 bridgehead atoms. The zero-order valence-corrected chi connectivity index (χ0v) is 10.0. The Morgan fingerprint density at radius 3 is 2.67 bits per heavy atom. The number of aromatic nitrogens is 8. The van der Waals surface area contributed by atoms with Crippen molar-refractivity contribution in [3.63, 3.8) is 0 Å². The second-order valence-electron chi connectivity index (χ2n) is 3.39. The summed E-state index contributed by atoms with van der Waals surface area (Å²) >= 11 is 5.88. The molecule has 0 radical (unpaired) electrons. The summed E-state index contributed by atoms with van der Waals surface area (Å²) in [5, 5.41) is 4.02. The highest BCUT2D eigenvalue weighted by atomic mass is 35.5. The summed E-state index contributed by atoms with van der Waals surface area (Å²) in [4.78, 5) is 20.2. The summed E-state index contributed by atoms with van der Waals surface area (Å²) in [6, 6.07) is 0. The lowest BCUT2D eigenvalue weighted by atomic mass is 10.7. The molecule has 0 amide bonds. The van der Waals surface area contributed by atoms with Crippen molar-refractivity contribution in [3.8, 4) is 11.9 Å². The van der Waals surface area contributed by atoms with Crippen molar-refractivity contribution in [2.75, 3.05) is 0 Å². The molecular formula is C9H7ClN8. The quantitative estimate of drug-likeness (QED) is 0.672. The predicted molar refractivity (Wildman–Crippen MR) is 61.6 cm³/mol. The first kappa shape index (κ1) is 10.8. The molecule has 0 aromatic carbocycles. The number of hydrogen-bond acceptors (Lipinski definition) is 6. The second kappa shape index (κ2) is 4.15. The number of imidazole rings is 1. The molecule has 3 heterocycles. The summed E-state index contributed by atoms with van der Waals surface area (Å²) in [5.74, 6) is 1.44. The molecular weight excluding hydrogens is 256 g/mol. The standard InChI is InChI=1S/C9H7ClN8/c1-6-12-2-3-17(6)8-14-7(10)15-9(16-8)18-5-11-4-13-18/h2-5H,1H3. The maximum Gasteiger partial charge on any atom is 0.258 e. The molecule has 0 saturated heterocycles. The van der Waals surface area contributed by atoms with Gasteiger partial charge in [0.25, 0.3) is 5.95 Å². The molecule has 0 N–H and O–H groups in total. The van der Waals surface area contributed by atoms with Crippen LogP contribution in [-0.2, 0) is 0 Å². The molecule has 0 aliphatic carbocycles. The lowest BCUT2D eigenvalue weighted by Crippen LogP contribution is -2.09. The lowest BCUT2D eigenvalue weighted by Gasteiger charge is -2.05. The molecule has 0 saturated carbocycles. The van der Waals surface area contributed by atoms with Gasteiger partial charge in [-0.3, -0.25) is 4.57 Å². The topological polar surface area (TPSA) is 87.2 Å². The summed E-state index contributed by atoms with van der Waals surface area (Å²) in [5.41, 5.74) is 0. The maximum atomic E-state index is 5.88. The molecule has 0 aliphatic rings. The van der Waals surface area contributed by atoms with Crippen molar-refractivity contribution < 1.29 is 0 Å². The van der Waals surface area contributed by atoms with Crippen LogP contribution in [0.3, 0.4) is 0 Å². The molecule has 0 aliphatic heterocycles. The van der Waals surface area contributed by atoms with Crippen molar-refractivity contribution in [2.24, 2.45) is 0 Å². The van der Waals surface area contributed by atoms with E-state index in [1.807, 2.05) is 6.92 Å². The third-order valence-electron chi connectivity index (χ3n) is 2.25. The molecule has 18 heavy (non-hydrogen) atoms. The minimum Gasteiger partial charge on any atom is -0.272 e. The van der Waals surface area contributed by atoms with Crippen LogP contribution in [0.4, 0.5) is 0 Å². The van der Waals surface area contributed by atoms with E-state index in [-0.39, 0.29) is 5.28 Å². The molecule has 0 unspecified atom stereocenters. The largest absolute Gasteiger partial charge is 0.272 e. The van der Waals surface area contributed by atoms with Gasteiger partial charge >= 0.3 is 0 Å². The van der Waals surface area contributed by atoms with Crippen molar-refractivity contribution in [1.82, 2.24) is 39.3 Å². The van der Waals surface area contributed by atoms with E-state index in [2.05, 4.69) is 30.0 Å². The highest BCUT2D eigenvalue weighted by Crippen LogP contribution is 2.10. The average molecular weight is 263 g/mol. The van der Waals surface area contributed by atoms with Gasteiger partial charge in [0.05, 0.1) is 0 Å². The van der Waals surface area contributed by atoms with Gasteiger partial charge in [0.2, 0.25) is 11.2 Å². The molecule has 3 rings (SSSR count). The van der Waals surface area contributed by atoms with Crippen LogP contribution in [0, 0.1) is 6.92 Å². The fraction of sp³-hybridized carbons (Fsp3) is 0.111. The molecule has 8 nitrogen and oxygen atoms in total. The number of rotatable bonds is 2. The summed E-state index contributed by atoms with van der Waals surface area (Å²) < 4.78 is 3.11. The van der Waals surface area contributed by atoms with E-state index >= 15 is 0 Å². The average Bonchev–Trinajstić information content (AvgIpc) is 2.98. The van der Waals surface area contributed by atoms with Crippen LogP contribution in [0.25, 0.3) is 11.9 Å². The minimum absolute atomic E-state index is 0.0820. The zero-order chi connectivity index (χ0) is 12.5. The van der Waals surface area contributed by atoms with Gasteiger partial charge in [0, 0.05) is 12.4 Å². The number of aryl methyl sites for hydroxylation is 1. The van der Waals surface area contributed by atoms with Crippen LogP contribution >= 0.6 is 11.6 Å². The Hall–Kier alpha value is -2.35. The van der Waals surface area contributed by atoms with E-state index < -0.39 is 0 Å². The van der Waals surface area contributed by atoms with Gasteiger partial charge in [-0.15, -0.1) is 0 Å². The van der Waals surface area contributed by atoms with E-state index in [0.717, 1.165) is 5.82 Å². The van der Waals surface area contributed by atoms with Crippen molar-refractivity contribution in [2.45, 2.75) is 6.92 Å². The van der Waals surface area contributed by atoms with E-state index in [4.69, 9.17) is 11.6 Å². The Morgan fingerprint density at radius 1 is 1.17 bits per heavy atom. The number of halogens is 1. The van der Waals surface area contributed by atoms with Crippen LogP contribution < -0.4 is 0 Å². The fourth-order valence-electron chi connectivity index (χ4n) is 1.44. The first-order valence-electron chi connectivity index (χ1n) is 5.01. The van der Waals surface area contributed by atoms with Crippen LogP contribution in [-0.4, -0.2) is 39.3 Å². The van der Waals surface area contributed by atoms with Crippen LogP contribution in [0.15, 0.2) is 25.0 Å². The van der Waals surface area contributed by atoms with Crippen molar-refractivity contribution in [3.05, 3.63) is 36.2 Å². The van der Waals surface area contributed by atoms with Gasteiger partial charge in [-0.2, -0.15) is 24.7 Å². The summed E-state index contributed by atoms with van der Waals surface area (Å²) in [7, 11) is 0. The summed E-state index contributed by atoms with van der Waals surface area (Å²) in [6.45, 7) is 1.84. The number of nitrogens with zero attached hydrogens (tertiary/aromatic N) is 8. The van der Waals surface area contributed by atoms with Gasteiger partial charge in [-0.25, -0.2) is 9.97 Å². The Bertz CT molecular complexity index is 674. The van der Waals surface area contributed by atoms with Gasteiger partial charge in [0.15, 0.2) is 0 Å². The van der Waals surface area contributed by atoms with Gasteiger partial charge in [0.1, 0.15) is 18.5 Å². The highest BCUT2D eigenvalue weighted by molar-refractivity contribution is 6.28. The molecule has 9 heteroatoms. The Balaban J connectivity index is 2.15. The third kappa shape index (κ3) is 1.82. The second-order valence-corrected chi connectivity index (χ2v) is 3.73. The van der Waals surface area contributed by atoms with E-state index in [0.29, 0.717) is 11.9 Å². The highest BCUT2D eigenvalue weighted by Gasteiger charge is 2.10. The van der Waals surface area contributed by atoms with Crippen LogP contribution in [0.1, 0.15) is 5.82 Å². The zero-order valence-electron chi connectivity index (χ0n) is 9.27. The Labute approximate surface area is 106 Å². The van der Waals surface area contributed by atoms with Crippen molar-refractivity contribution >= 4 is 11.6 Å². The minimum atomic E-state index is 0.0820. The first-order valence-corrected chi connectivity index (χ1v) is 5.39. The third-order valence-corrected chi connectivity index (χ3v) is 2.42. The molecule has 0 fully saturated rings. The Kier molecular flexibility index (Phi) is 2.49. The van der Waals surface area contributed by atoms with Gasteiger partial charge in [-0.1, -0.05) is 0 Å². The van der Waals surface area contributed by atoms with Crippen LogP contribution in [0.5, 0.6) is 0 Å². The monoisotopic (exact) mass is 262 g/mol. The molecule has 0 atom stereocenters. The van der Waals surface area contributed by atoms with Crippen LogP contribution in [0.2, 0.25) is 5.28 Å². The molecule has 90 valence electrons. The first-order chi connectivity index (χ1) is 8.74. The SMILES string of the molecule is Cc1nccn1-c1nc(Cl)nc(-n2cncn2)n1. The fourth-order valence-corrected chi connectivity index (χ4v) is 1.59. The normalized spacial score (nSPS) is 10.8. The Morgan fingerprint density at radius 2 is 2.00 bits per heavy atom. The summed E-state index contributed by atoms with van der Waals surface area (Å²) in [6.07, 6.45) is 6.27. The lowest BCUT2D eigenvalue weighted by molar-refractivity contribution is 0.766. The number of hydrogen-bond donors (Lipinski definition) is 0. The molecule has 3 aromatic rings. The van der Waals surface area contributed by atoms with Gasteiger partial charge in [-0.05, 0) is 18.5 Å². The maximum absolute atomic E-state index is 5.88.